The number of rotatable bonds is 6. The first-order valence-electron chi connectivity index (χ1n) is 9.26. The van der Waals surface area contributed by atoms with Crippen LogP contribution in [0.4, 0.5) is 0 Å². The molecule has 1 saturated heterocycles. The maximum absolute atomic E-state index is 13.1. The highest BCUT2D eigenvalue weighted by Crippen LogP contribution is 2.18. The Labute approximate surface area is 158 Å². The summed E-state index contributed by atoms with van der Waals surface area (Å²) in [4.78, 5) is 19.0. The summed E-state index contributed by atoms with van der Waals surface area (Å²) in [6.07, 6.45) is 9.22. The fraction of sp³-hybridized carbons (Fsp3) is 0.350. The molecule has 1 atom stereocenters. The summed E-state index contributed by atoms with van der Waals surface area (Å²) in [5.41, 5.74) is 1.42. The van der Waals surface area contributed by atoms with Crippen LogP contribution in [0.1, 0.15) is 40.7 Å². The van der Waals surface area contributed by atoms with Gasteiger partial charge in [-0.1, -0.05) is 6.07 Å². The first-order chi connectivity index (χ1) is 13.3. The van der Waals surface area contributed by atoms with Gasteiger partial charge in [0, 0.05) is 31.7 Å². The molecule has 1 amide bonds. The zero-order valence-electron chi connectivity index (χ0n) is 15.1. The molecule has 1 unspecified atom stereocenters. The van der Waals surface area contributed by atoms with Crippen molar-refractivity contribution in [2.45, 2.75) is 32.0 Å². The molecule has 1 N–H and O–H groups in total. The van der Waals surface area contributed by atoms with Crippen LogP contribution in [-0.4, -0.2) is 38.7 Å². The quantitative estimate of drug-likeness (QED) is 0.727. The molecule has 27 heavy (non-hydrogen) atoms. The number of amides is 1. The van der Waals surface area contributed by atoms with Crippen LogP contribution in [0, 0.1) is 0 Å². The van der Waals surface area contributed by atoms with E-state index in [4.69, 9.17) is 4.42 Å². The van der Waals surface area contributed by atoms with Crippen molar-refractivity contribution in [3.8, 4) is 0 Å². The van der Waals surface area contributed by atoms with Crippen molar-refractivity contribution in [3.05, 3.63) is 72.2 Å². The standard InChI is InChI=1S/C20H23N5O2/c26-20(19-7-10-25(23-19)17-5-2-9-22-13-17)24(15-18-6-3-11-27-18)14-16-4-1-8-21-12-16/h1,3-4,6-8,10-12,17,22H,2,5,9,13-15H2. The number of hydrogen-bond donors (Lipinski definition) is 1. The lowest BCUT2D eigenvalue weighted by Gasteiger charge is -2.23. The number of carbonyl (C=O) groups is 1. The van der Waals surface area contributed by atoms with E-state index in [9.17, 15) is 4.79 Å². The minimum absolute atomic E-state index is 0.113. The van der Waals surface area contributed by atoms with Gasteiger partial charge in [0.05, 0.1) is 18.8 Å². The lowest BCUT2D eigenvalue weighted by molar-refractivity contribution is 0.0710. The van der Waals surface area contributed by atoms with Crippen LogP contribution < -0.4 is 5.32 Å². The van der Waals surface area contributed by atoms with Gasteiger partial charge in [-0.25, -0.2) is 0 Å². The van der Waals surface area contributed by atoms with Crippen molar-refractivity contribution in [3.63, 3.8) is 0 Å². The number of carbonyl (C=O) groups excluding carboxylic acids is 1. The highest BCUT2D eigenvalue weighted by Gasteiger charge is 2.22. The zero-order chi connectivity index (χ0) is 18.5. The van der Waals surface area contributed by atoms with E-state index in [0.717, 1.165) is 37.3 Å². The molecular formula is C20H23N5O2. The van der Waals surface area contributed by atoms with Crippen LogP contribution >= 0.6 is 0 Å². The largest absolute Gasteiger partial charge is 0.467 e. The van der Waals surface area contributed by atoms with E-state index in [-0.39, 0.29) is 5.91 Å². The Balaban J connectivity index is 1.53. The van der Waals surface area contributed by atoms with E-state index in [2.05, 4.69) is 15.4 Å². The fourth-order valence-electron chi connectivity index (χ4n) is 3.38. The second kappa shape index (κ2) is 8.18. The third-order valence-electron chi connectivity index (χ3n) is 4.78. The number of aromatic nitrogens is 3. The highest BCUT2D eigenvalue weighted by molar-refractivity contribution is 5.92. The van der Waals surface area contributed by atoms with Crippen molar-refractivity contribution < 1.29 is 9.21 Å². The van der Waals surface area contributed by atoms with Crippen LogP contribution in [0.2, 0.25) is 0 Å². The van der Waals surface area contributed by atoms with Gasteiger partial charge >= 0.3 is 0 Å². The van der Waals surface area contributed by atoms with Gasteiger partial charge in [0.15, 0.2) is 0 Å². The van der Waals surface area contributed by atoms with Crippen LogP contribution in [0.3, 0.4) is 0 Å². The average Bonchev–Trinajstić information content (AvgIpc) is 3.41. The number of piperidine rings is 1. The third kappa shape index (κ3) is 4.25. The molecule has 0 bridgehead atoms. The van der Waals surface area contributed by atoms with Crippen molar-refractivity contribution >= 4 is 5.91 Å². The number of hydrogen-bond acceptors (Lipinski definition) is 5. The van der Waals surface area contributed by atoms with Gasteiger partial charge in [-0.15, -0.1) is 0 Å². The normalized spacial score (nSPS) is 17.0. The van der Waals surface area contributed by atoms with Crippen molar-refractivity contribution in [2.24, 2.45) is 0 Å². The predicted molar refractivity (Wildman–Crippen MR) is 99.9 cm³/mol. The molecule has 0 aliphatic carbocycles. The minimum atomic E-state index is -0.113. The summed E-state index contributed by atoms with van der Waals surface area (Å²) in [6.45, 7) is 2.77. The Hall–Kier alpha value is -2.93. The molecule has 0 radical (unpaired) electrons. The molecule has 1 fully saturated rings. The average molecular weight is 365 g/mol. The number of pyridine rings is 1. The number of nitrogens with one attached hydrogen (secondary N) is 1. The molecule has 4 rings (SSSR count). The Kier molecular flexibility index (Phi) is 5.29. The summed E-state index contributed by atoms with van der Waals surface area (Å²) >= 11 is 0. The lowest BCUT2D eigenvalue weighted by atomic mass is 10.1. The summed E-state index contributed by atoms with van der Waals surface area (Å²) < 4.78 is 7.36. The van der Waals surface area contributed by atoms with E-state index in [1.165, 1.54) is 0 Å². The van der Waals surface area contributed by atoms with Gasteiger partial charge < -0.3 is 14.6 Å². The maximum Gasteiger partial charge on any atom is 0.275 e. The van der Waals surface area contributed by atoms with Crippen LogP contribution in [0.25, 0.3) is 0 Å². The molecule has 3 aromatic rings. The Morgan fingerprint density at radius 2 is 2.26 bits per heavy atom. The first kappa shape index (κ1) is 17.5. The number of nitrogens with zero attached hydrogens (tertiary/aromatic N) is 4. The summed E-state index contributed by atoms with van der Waals surface area (Å²) in [6, 6.07) is 9.63. The molecule has 1 aliphatic rings. The Bertz CT molecular complexity index is 854. The monoisotopic (exact) mass is 365 g/mol. The van der Waals surface area contributed by atoms with E-state index in [0.29, 0.717) is 24.8 Å². The molecule has 0 aromatic carbocycles. The molecular weight excluding hydrogens is 342 g/mol. The van der Waals surface area contributed by atoms with E-state index >= 15 is 0 Å². The molecule has 0 spiro atoms. The van der Waals surface area contributed by atoms with Gasteiger partial charge in [-0.2, -0.15) is 5.10 Å². The molecule has 4 heterocycles. The predicted octanol–water partition coefficient (Wildman–Crippen LogP) is 2.64. The molecule has 1 aliphatic heterocycles. The Morgan fingerprint density at radius 1 is 1.30 bits per heavy atom. The summed E-state index contributed by atoms with van der Waals surface area (Å²) in [5, 5.41) is 7.95. The fourth-order valence-corrected chi connectivity index (χ4v) is 3.38. The third-order valence-corrected chi connectivity index (χ3v) is 4.78. The van der Waals surface area contributed by atoms with Gasteiger partial charge in [-0.05, 0) is 49.2 Å². The molecule has 0 saturated carbocycles. The molecule has 7 heteroatoms. The van der Waals surface area contributed by atoms with Crippen molar-refractivity contribution in [1.29, 1.82) is 0 Å². The lowest BCUT2D eigenvalue weighted by Crippen LogP contribution is -2.33. The van der Waals surface area contributed by atoms with Gasteiger partial charge in [0.1, 0.15) is 11.5 Å². The number of furan rings is 1. The van der Waals surface area contributed by atoms with E-state index in [1.54, 1.807) is 29.6 Å². The second-order valence-electron chi connectivity index (χ2n) is 6.78. The second-order valence-corrected chi connectivity index (χ2v) is 6.78. The molecule has 7 nitrogen and oxygen atoms in total. The van der Waals surface area contributed by atoms with E-state index in [1.807, 2.05) is 35.1 Å². The summed E-state index contributed by atoms with van der Waals surface area (Å²) in [5.74, 6) is 0.626. The van der Waals surface area contributed by atoms with Gasteiger partial charge in [0.25, 0.3) is 5.91 Å². The maximum atomic E-state index is 13.1. The highest BCUT2D eigenvalue weighted by atomic mass is 16.3. The van der Waals surface area contributed by atoms with Crippen molar-refractivity contribution in [2.75, 3.05) is 13.1 Å². The smallest absolute Gasteiger partial charge is 0.275 e. The van der Waals surface area contributed by atoms with Crippen LogP contribution in [0.15, 0.2) is 59.6 Å². The van der Waals surface area contributed by atoms with E-state index < -0.39 is 0 Å². The summed E-state index contributed by atoms with van der Waals surface area (Å²) in [7, 11) is 0. The Morgan fingerprint density at radius 3 is 3.00 bits per heavy atom. The van der Waals surface area contributed by atoms with Crippen LogP contribution in [0.5, 0.6) is 0 Å². The van der Waals surface area contributed by atoms with Gasteiger partial charge in [-0.3, -0.25) is 14.5 Å². The van der Waals surface area contributed by atoms with Crippen molar-refractivity contribution in [1.82, 2.24) is 25.0 Å². The topological polar surface area (TPSA) is 76.2 Å². The SMILES string of the molecule is O=C(c1ccn(C2CCCNC2)n1)N(Cc1cccnc1)Cc1ccco1. The molecule has 3 aromatic heterocycles. The molecule has 140 valence electrons. The van der Waals surface area contributed by atoms with Crippen LogP contribution in [-0.2, 0) is 13.1 Å². The zero-order valence-corrected chi connectivity index (χ0v) is 15.1. The van der Waals surface area contributed by atoms with Gasteiger partial charge in [0.2, 0.25) is 0 Å². The first-order valence-corrected chi connectivity index (χ1v) is 9.26. The minimum Gasteiger partial charge on any atom is -0.467 e.